The smallest absolute Gasteiger partial charge is 0.191 e. The molecule has 0 aromatic heterocycles. The summed E-state index contributed by atoms with van der Waals surface area (Å²) in [5.41, 5.74) is 1.66. The Morgan fingerprint density at radius 3 is 3.13 bits per heavy atom. The molecule has 1 aliphatic rings. The van der Waals surface area contributed by atoms with E-state index in [0.29, 0.717) is 12.1 Å². The van der Waals surface area contributed by atoms with Crippen LogP contribution in [0.4, 0.5) is 4.39 Å². The van der Waals surface area contributed by atoms with Crippen molar-refractivity contribution >= 4 is 5.96 Å². The standard InChI is InChI=1S/C11H14FN3/c1-8-9(3-2-4-10(8)12)7-15-11-13-5-6-14-11/h2-4H,5-7H2,1H3,(H2,13,14,15). The summed E-state index contributed by atoms with van der Waals surface area (Å²) in [5, 5.41) is 6.24. The number of rotatable bonds is 2. The van der Waals surface area contributed by atoms with Crippen molar-refractivity contribution in [3.8, 4) is 0 Å². The van der Waals surface area contributed by atoms with Crippen molar-refractivity contribution < 1.29 is 4.39 Å². The SMILES string of the molecule is Cc1c(F)cccc1CNC1=NCCN1. The van der Waals surface area contributed by atoms with Crippen LogP contribution in [0.25, 0.3) is 0 Å². The minimum absolute atomic E-state index is 0.157. The second-order valence-corrected chi connectivity index (χ2v) is 3.53. The Labute approximate surface area is 88.4 Å². The van der Waals surface area contributed by atoms with Crippen LogP contribution in [0.3, 0.4) is 0 Å². The minimum atomic E-state index is -0.157. The Morgan fingerprint density at radius 2 is 2.40 bits per heavy atom. The second-order valence-electron chi connectivity index (χ2n) is 3.53. The van der Waals surface area contributed by atoms with Gasteiger partial charge < -0.3 is 10.6 Å². The zero-order valence-corrected chi connectivity index (χ0v) is 8.68. The lowest BCUT2D eigenvalue weighted by atomic mass is 10.1. The molecule has 80 valence electrons. The molecule has 0 atom stereocenters. The number of hydrogen-bond acceptors (Lipinski definition) is 3. The third-order valence-electron chi connectivity index (χ3n) is 2.50. The maximum atomic E-state index is 13.2. The van der Waals surface area contributed by atoms with Crippen molar-refractivity contribution in [3.63, 3.8) is 0 Å². The van der Waals surface area contributed by atoms with Crippen molar-refractivity contribution in [1.82, 2.24) is 10.6 Å². The molecule has 0 bridgehead atoms. The largest absolute Gasteiger partial charge is 0.355 e. The van der Waals surface area contributed by atoms with E-state index in [-0.39, 0.29) is 5.82 Å². The van der Waals surface area contributed by atoms with E-state index in [4.69, 9.17) is 0 Å². The quantitative estimate of drug-likeness (QED) is 0.764. The molecular weight excluding hydrogens is 193 g/mol. The summed E-state index contributed by atoms with van der Waals surface area (Å²) in [6, 6.07) is 5.12. The van der Waals surface area contributed by atoms with Gasteiger partial charge in [-0.3, -0.25) is 4.99 Å². The number of benzene rings is 1. The molecule has 1 aromatic carbocycles. The Balaban J connectivity index is 2.01. The molecule has 0 unspecified atom stereocenters. The lowest BCUT2D eigenvalue weighted by Crippen LogP contribution is -2.33. The normalized spacial score (nSPS) is 14.7. The molecule has 0 spiro atoms. The van der Waals surface area contributed by atoms with Crippen LogP contribution in [0.2, 0.25) is 0 Å². The summed E-state index contributed by atoms with van der Waals surface area (Å²) >= 11 is 0. The molecule has 15 heavy (non-hydrogen) atoms. The molecule has 2 rings (SSSR count). The van der Waals surface area contributed by atoms with Gasteiger partial charge in [-0.05, 0) is 24.1 Å². The van der Waals surface area contributed by atoms with Crippen molar-refractivity contribution in [1.29, 1.82) is 0 Å². The molecule has 1 aliphatic heterocycles. The van der Waals surface area contributed by atoms with Crippen molar-refractivity contribution in [2.45, 2.75) is 13.5 Å². The minimum Gasteiger partial charge on any atom is -0.355 e. The highest BCUT2D eigenvalue weighted by atomic mass is 19.1. The molecule has 0 aliphatic carbocycles. The average molecular weight is 207 g/mol. The van der Waals surface area contributed by atoms with Crippen LogP contribution in [0, 0.1) is 12.7 Å². The number of aliphatic imine (C=N–C) groups is 1. The van der Waals surface area contributed by atoms with Gasteiger partial charge in [0.05, 0.1) is 6.54 Å². The molecule has 1 heterocycles. The van der Waals surface area contributed by atoms with E-state index in [1.54, 1.807) is 13.0 Å². The van der Waals surface area contributed by atoms with E-state index in [1.165, 1.54) is 6.07 Å². The number of hydrogen-bond donors (Lipinski definition) is 2. The highest BCUT2D eigenvalue weighted by molar-refractivity contribution is 5.81. The van der Waals surface area contributed by atoms with Gasteiger partial charge in [-0.15, -0.1) is 0 Å². The van der Waals surface area contributed by atoms with Gasteiger partial charge >= 0.3 is 0 Å². The van der Waals surface area contributed by atoms with Gasteiger partial charge in [0, 0.05) is 13.1 Å². The predicted octanol–water partition coefficient (Wildman–Crippen LogP) is 1.18. The third kappa shape index (κ3) is 2.26. The van der Waals surface area contributed by atoms with Crippen molar-refractivity contribution in [2.75, 3.05) is 13.1 Å². The van der Waals surface area contributed by atoms with Crippen LogP contribution < -0.4 is 10.6 Å². The zero-order chi connectivity index (χ0) is 10.7. The number of halogens is 1. The number of nitrogens with one attached hydrogen (secondary N) is 2. The zero-order valence-electron chi connectivity index (χ0n) is 8.68. The summed E-state index contributed by atoms with van der Waals surface area (Å²) in [4.78, 5) is 4.20. The van der Waals surface area contributed by atoms with Gasteiger partial charge in [0.2, 0.25) is 0 Å². The summed E-state index contributed by atoms with van der Waals surface area (Å²) < 4.78 is 13.2. The summed E-state index contributed by atoms with van der Waals surface area (Å²) in [6.07, 6.45) is 0. The molecule has 0 saturated carbocycles. The van der Waals surface area contributed by atoms with Crippen LogP contribution in [0.1, 0.15) is 11.1 Å². The molecule has 0 saturated heterocycles. The molecule has 0 radical (unpaired) electrons. The topological polar surface area (TPSA) is 36.4 Å². The van der Waals surface area contributed by atoms with E-state index in [9.17, 15) is 4.39 Å². The van der Waals surface area contributed by atoms with Gasteiger partial charge in [0.25, 0.3) is 0 Å². The number of guanidine groups is 1. The molecule has 0 fully saturated rings. The fourth-order valence-corrected chi connectivity index (χ4v) is 1.54. The van der Waals surface area contributed by atoms with Crippen LogP contribution in [0.15, 0.2) is 23.2 Å². The molecule has 1 aromatic rings. The first-order valence-electron chi connectivity index (χ1n) is 5.03. The highest BCUT2D eigenvalue weighted by Crippen LogP contribution is 2.11. The van der Waals surface area contributed by atoms with Crippen molar-refractivity contribution in [3.05, 3.63) is 35.1 Å². The van der Waals surface area contributed by atoms with Gasteiger partial charge in [0.15, 0.2) is 5.96 Å². The van der Waals surface area contributed by atoms with E-state index < -0.39 is 0 Å². The fourth-order valence-electron chi connectivity index (χ4n) is 1.54. The molecular formula is C11H14FN3. The molecule has 0 amide bonds. The van der Waals surface area contributed by atoms with Crippen LogP contribution in [-0.2, 0) is 6.54 Å². The lowest BCUT2D eigenvalue weighted by Gasteiger charge is -2.09. The van der Waals surface area contributed by atoms with E-state index in [0.717, 1.165) is 24.6 Å². The lowest BCUT2D eigenvalue weighted by molar-refractivity contribution is 0.614. The van der Waals surface area contributed by atoms with Gasteiger partial charge in [0.1, 0.15) is 5.82 Å². The maximum absolute atomic E-state index is 13.2. The van der Waals surface area contributed by atoms with Crippen LogP contribution in [-0.4, -0.2) is 19.0 Å². The number of nitrogens with zero attached hydrogens (tertiary/aromatic N) is 1. The van der Waals surface area contributed by atoms with Crippen molar-refractivity contribution in [2.24, 2.45) is 4.99 Å². The van der Waals surface area contributed by atoms with Gasteiger partial charge in [-0.1, -0.05) is 12.1 Å². The van der Waals surface area contributed by atoms with E-state index in [1.807, 2.05) is 6.07 Å². The van der Waals surface area contributed by atoms with E-state index in [2.05, 4.69) is 15.6 Å². The summed E-state index contributed by atoms with van der Waals surface area (Å²) in [6.45, 7) is 4.08. The second kappa shape index (κ2) is 4.29. The Kier molecular flexibility index (Phi) is 2.85. The predicted molar refractivity (Wildman–Crippen MR) is 58.3 cm³/mol. The molecule has 4 heteroatoms. The summed E-state index contributed by atoms with van der Waals surface area (Å²) in [7, 11) is 0. The third-order valence-corrected chi connectivity index (χ3v) is 2.50. The Bertz CT molecular complexity index is 387. The summed E-state index contributed by atoms with van der Waals surface area (Å²) in [5.74, 6) is 0.647. The highest BCUT2D eigenvalue weighted by Gasteiger charge is 2.06. The average Bonchev–Trinajstić information content (AvgIpc) is 2.73. The first-order valence-corrected chi connectivity index (χ1v) is 5.03. The van der Waals surface area contributed by atoms with E-state index >= 15 is 0 Å². The molecule has 3 nitrogen and oxygen atoms in total. The first-order chi connectivity index (χ1) is 7.27. The molecule has 2 N–H and O–H groups in total. The van der Waals surface area contributed by atoms with Gasteiger partial charge in [-0.25, -0.2) is 4.39 Å². The Morgan fingerprint density at radius 1 is 1.53 bits per heavy atom. The van der Waals surface area contributed by atoms with Crippen LogP contribution in [0.5, 0.6) is 0 Å². The van der Waals surface area contributed by atoms with Gasteiger partial charge in [-0.2, -0.15) is 0 Å². The first kappa shape index (κ1) is 9.96. The monoisotopic (exact) mass is 207 g/mol. The fraction of sp³-hybridized carbons (Fsp3) is 0.364. The Hall–Kier alpha value is -1.58. The van der Waals surface area contributed by atoms with Crippen LogP contribution >= 0.6 is 0 Å². The maximum Gasteiger partial charge on any atom is 0.191 e.